The number of hydrogen-bond acceptors (Lipinski definition) is 6. The van der Waals surface area contributed by atoms with Gasteiger partial charge in [0, 0.05) is 23.5 Å². The maximum absolute atomic E-state index is 14.6. The third kappa shape index (κ3) is 3.40. The molecule has 10 heteroatoms. The van der Waals surface area contributed by atoms with Gasteiger partial charge >= 0.3 is 0 Å². The highest BCUT2D eigenvalue weighted by Gasteiger charge is 2.64. The molecule has 0 aliphatic carbocycles. The summed E-state index contributed by atoms with van der Waals surface area (Å²) >= 11 is 0. The number of anilines is 3. The van der Waals surface area contributed by atoms with Gasteiger partial charge in [-0.05, 0) is 35.9 Å². The number of imide groups is 1. The van der Waals surface area contributed by atoms with Crippen LogP contribution in [-0.2, 0) is 14.4 Å². The summed E-state index contributed by atoms with van der Waals surface area (Å²) in [6, 6.07) is 16.5. The molecular formula is C27H19FN4O5. The predicted molar refractivity (Wildman–Crippen MR) is 133 cm³/mol. The van der Waals surface area contributed by atoms with E-state index < -0.39 is 52.4 Å². The Labute approximate surface area is 209 Å². The molecule has 0 radical (unpaired) electrons. The Balaban J connectivity index is 1.42. The van der Waals surface area contributed by atoms with E-state index in [1.807, 2.05) is 30.3 Å². The van der Waals surface area contributed by atoms with Gasteiger partial charge in [-0.15, -0.1) is 0 Å². The molecule has 1 N–H and O–H groups in total. The lowest BCUT2D eigenvalue weighted by atomic mass is 9.88. The summed E-state index contributed by atoms with van der Waals surface area (Å²) in [4.78, 5) is 54.2. The van der Waals surface area contributed by atoms with Crippen molar-refractivity contribution in [1.29, 1.82) is 0 Å². The van der Waals surface area contributed by atoms with Crippen molar-refractivity contribution in [2.75, 3.05) is 15.1 Å². The Morgan fingerprint density at radius 1 is 0.892 bits per heavy atom. The fourth-order valence-electron chi connectivity index (χ4n) is 5.57. The van der Waals surface area contributed by atoms with Crippen molar-refractivity contribution in [2.45, 2.75) is 12.1 Å². The van der Waals surface area contributed by atoms with Gasteiger partial charge in [-0.25, -0.2) is 9.29 Å². The highest BCUT2D eigenvalue weighted by atomic mass is 19.1. The number of nitrogens with one attached hydrogen (secondary N) is 1. The Kier molecular flexibility index (Phi) is 5.11. The fraction of sp³-hybridized carbons (Fsp3) is 0.148. The smallest absolute Gasteiger partial charge is 0.269 e. The summed E-state index contributed by atoms with van der Waals surface area (Å²) in [6.45, 7) is 0. The average molecular weight is 498 g/mol. The maximum Gasteiger partial charge on any atom is 0.269 e. The lowest BCUT2D eigenvalue weighted by Crippen LogP contribution is -2.50. The molecule has 3 amide bonds. The fourth-order valence-corrected chi connectivity index (χ4v) is 5.57. The number of nitro groups is 1. The van der Waals surface area contributed by atoms with E-state index in [1.54, 1.807) is 11.0 Å². The molecule has 3 heterocycles. The molecule has 3 aliphatic heterocycles. The Bertz CT molecular complexity index is 1500. The number of halogens is 1. The molecule has 0 saturated carbocycles. The van der Waals surface area contributed by atoms with Gasteiger partial charge < -0.3 is 10.2 Å². The number of rotatable bonds is 4. The van der Waals surface area contributed by atoms with Crippen molar-refractivity contribution in [3.05, 3.63) is 100 Å². The minimum absolute atomic E-state index is 0.133. The average Bonchev–Trinajstić information content (AvgIpc) is 3.37. The molecule has 2 saturated heterocycles. The van der Waals surface area contributed by atoms with Crippen molar-refractivity contribution in [2.24, 2.45) is 11.8 Å². The number of para-hydroxylation sites is 2. The Morgan fingerprint density at radius 3 is 2.24 bits per heavy atom. The largest absolute Gasteiger partial charge is 0.351 e. The quantitative estimate of drug-likeness (QED) is 0.333. The molecule has 37 heavy (non-hydrogen) atoms. The van der Waals surface area contributed by atoms with Gasteiger partial charge in [0.05, 0.1) is 28.5 Å². The van der Waals surface area contributed by atoms with E-state index in [9.17, 15) is 28.9 Å². The Morgan fingerprint density at radius 2 is 1.54 bits per heavy atom. The lowest BCUT2D eigenvalue weighted by Gasteiger charge is -2.36. The third-order valence-corrected chi connectivity index (χ3v) is 7.12. The van der Waals surface area contributed by atoms with Gasteiger partial charge in [0.25, 0.3) is 5.69 Å². The third-order valence-electron chi connectivity index (χ3n) is 7.12. The summed E-state index contributed by atoms with van der Waals surface area (Å²) in [5.41, 5.74) is 1.56. The molecule has 3 aromatic carbocycles. The van der Waals surface area contributed by atoms with Crippen LogP contribution in [-0.4, -0.2) is 34.7 Å². The van der Waals surface area contributed by atoms with E-state index in [4.69, 9.17) is 0 Å². The van der Waals surface area contributed by atoms with Gasteiger partial charge in [-0.3, -0.25) is 24.5 Å². The molecule has 4 atom stereocenters. The first-order chi connectivity index (χ1) is 17.9. The van der Waals surface area contributed by atoms with Gasteiger partial charge in [0.15, 0.2) is 0 Å². The summed E-state index contributed by atoms with van der Waals surface area (Å²) in [7, 11) is 0. The van der Waals surface area contributed by atoms with Crippen LogP contribution in [0.3, 0.4) is 0 Å². The summed E-state index contributed by atoms with van der Waals surface area (Å²) in [5, 5.41) is 13.7. The highest BCUT2D eigenvalue weighted by Crippen LogP contribution is 2.49. The van der Waals surface area contributed by atoms with Crippen molar-refractivity contribution in [3.8, 4) is 0 Å². The zero-order valence-corrected chi connectivity index (χ0v) is 19.2. The first kappa shape index (κ1) is 22.6. The zero-order chi connectivity index (χ0) is 25.8. The van der Waals surface area contributed by atoms with E-state index in [0.29, 0.717) is 11.4 Å². The summed E-state index contributed by atoms with van der Waals surface area (Å²) < 4.78 is 14.6. The first-order valence-corrected chi connectivity index (χ1v) is 11.6. The first-order valence-electron chi connectivity index (χ1n) is 11.6. The van der Waals surface area contributed by atoms with Crippen molar-refractivity contribution in [3.63, 3.8) is 0 Å². The van der Waals surface area contributed by atoms with Crippen molar-refractivity contribution in [1.82, 2.24) is 0 Å². The zero-order valence-electron chi connectivity index (χ0n) is 19.2. The van der Waals surface area contributed by atoms with E-state index in [0.717, 1.165) is 10.5 Å². The van der Waals surface area contributed by atoms with Crippen molar-refractivity contribution < 1.29 is 23.7 Å². The second kappa shape index (κ2) is 8.37. The van der Waals surface area contributed by atoms with Crippen LogP contribution in [0.25, 0.3) is 6.08 Å². The summed E-state index contributed by atoms with van der Waals surface area (Å²) in [6.07, 6.45) is 3.66. The number of nitrogens with zero attached hydrogens (tertiary/aromatic N) is 3. The lowest BCUT2D eigenvalue weighted by molar-refractivity contribution is -0.384. The second-order valence-electron chi connectivity index (χ2n) is 9.07. The molecule has 6 rings (SSSR count). The van der Waals surface area contributed by atoms with E-state index in [-0.39, 0.29) is 11.4 Å². The monoisotopic (exact) mass is 498 g/mol. The Hall–Kier alpha value is -4.86. The van der Waals surface area contributed by atoms with Crippen LogP contribution in [0.5, 0.6) is 0 Å². The van der Waals surface area contributed by atoms with Crippen LogP contribution in [0.15, 0.2) is 78.9 Å². The number of nitro benzene ring substituents is 1. The van der Waals surface area contributed by atoms with Crippen molar-refractivity contribution >= 4 is 46.5 Å². The molecule has 184 valence electrons. The van der Waals surface area contributed by atoms with Gasteiger partial charge in [-0.2, -0.15) is 0 Å². The molecule has 2 fully saturated rings. The SMILES string of the molecule is O=C(Nc1ccc([N+](=O)[O-])cc1)[C@@H]1[C@@H]2C(=O)N(c3ccccc3F)C(=O)[C@@H]2[C@H]2C=Cc3ccccc3N21. The van der Waals surface area contributed by atoms with Crippen LogP contribution in [0.4, 0.5) is 27.1 Å². The van der Waals surface area contributed by atoms with Gasteiger partial charge in [0.2, 0.25) is 17.7 Å². The predicted octanol–water partition coefficient (Wildman–Crippen LogP) is 3.76. The number of hydrogen-bond donors (Lipinski definition) is 1. The highest BCUT2D eigenvalue weighted by molar-refractivity contribution is 6.25. The number of non-ortho nitro benzene ring substituents is 1. The van der Waals surface area contributed by atoms with Crippen LogP contribution >= 0.6 is 0 Å². The number of amides is 3. The topological polar surface area (TPSA) is 113 Å². The molecule has 0 spiro atoms. The molecule has 3 aliphatic rings. The molecule has 3 aromatic rings. The number of carbonyl (C=O) groups is 3. The number of benzene rings is 3. The number of fused-ring (bicyclic) bond motifs is 5. The van der Waals surface area contributed by atoms with Crippen LogP contribution in [0.1, 0.15) is 5.56 Å². The molecule has 0 aromatic heterocycles. The van der Waals surface area contributed by atoms with Gasteiger partial charge in [-0.1, -0.05) is 42.5 Å². The normalized spacial score (nSPS) is 23.5. The van der Waals surface area contributed by atoms with E-state index in [1.165, 1.54) is 48.5 Å². The minimum Gasteiger partial charge on any atom is -0.351 e. The molecule has 9 nitrogen and oxygen atoms in total. The second-order valence-corrected chi connectivity index (χ2v) is 9.07. The number of carbonyl (C=O) groups excluding carboxylic acids is 3. The minimum atomic E-state index is -1.08. The molecular weight excluding hydrogens is 479 g/mol. The maximum atomic E-state index is 14.6. The van der Waals surface area contributed by atoms with Gasteiger partial charge in [0.1, 0.15) is 11.9 Å². The molecule has 0 unspecified atom stereocenters. The standard InChI is InChI=1S/C27H19FN4O5/c28-18-6-2-4-8-20(18)31-26(34)22-21-14-9-15-5-1-3-7-19(15)30(21)24(23(22)27(31)35)25(33)29-16-10-12-17(13-11-16)32(36)37/h1-14,21-24H,(H,29,33)/t21-,22-,23-,24+/m1/s1. The molecule has 0 bridgehead atoms. The summed E-state index contributed by atoms with van der Waals surface area (Å²) in [5.74, 6) is -4.44. The van der Waals surface area contributed by atoms with Crippen LogP contribution in [0, 0.1) is 27.8 Å². The van der Waals surface area contributed by atoms with E-state index >= 15 is 0 Å². The van der Waals surface area contributed by atoms with Crippen LogP contribution in [0.2, 0.25) is 0 Å². The van der Waals surface area contributed by atoms with E-state index in [2.05, 4.69) is 5.32 Å². The van der Waals surface area contributed by atoms with Crippen LogP contribution < -0.4 is 15.1 Å².